The van der Waals surface area contributed by atoms with Crippen molar-refractivity contribution in [1.29, 1.82) is 0 Å². The molecular weight excluding hydrogens is 194 g/mol. The molecule has 16 heavy (non-hydrogen) atoms. The molecule has 0 amide bonds. The van der Waals surface area contributed by atoms with Gasteiger partial charge in [-0.1, -0.05) is 31.2 Å². The lowest BCUT2D eigenvalue weighted by Crippen LogP contribution is -2.28. The third-order valence-electron chi connectivity index (χ3n) is 3.39. The Labute approximate surface area is 99.3 Å². The quantitative estimate of drug-likeness (QED) is 0.770. The van der Waals surface area contributed by atoms with Gasteiger partial charge in [0.2, 0.25) is 0 Å². The summed E-state index contributed by atoms with van der Waals surface area (Å²) in [6, 6.07) is 10.6. The van der Waals surface area contributed by atoms with Gasteiger partial charge in [0, 0.05) is 12.1 Å². The smallest absolute Gasteiger partial charge is 0.00706 e. The molecular formula is C15H23N. The average Bonchev–Trinajstić information content (AvgIpc) is 3.11. The van der Waals surface area contributed by atoms with Crippen molar-refractivity contribution in [3.8, 4) is 0 Å². The van der Waals surface area contributed by atoms with Gasteiger partial charge in [-0.25, -0.2) is 0 Å². The molecule has 1 fully saturated rings. The van der Waals surface area contributed by atoms with Crippen LogP contribution in [0, 0.1) is 0 Å². The molecule has 0 aliphatic heterocycles. The zero-order valence-corrected chi connectivity index (χ0v) is 10.5. The van der Waals surface area contributed by atoms with Crippen LogP contribution in [0.2, 0.25) is 0 Å². The lowest BCUT2D eigenvalue weighted by Gasteiger charge is -2.12. The maximum absolute atomic E-state index is 3.65. The normalized spacial score (nSPS) is 17.4. The van der Waals surface area contributed by atoms with E-state index < -0.39 is 0 Å². The van der Waals surface area contributed by atoms with Crippen LogP contribution >= 0.6 is 0 Å². The zero-order valence-electron chi connectivity index (χ0n) is 10.5. The van der Waals surface area contributed by atoms with Crippen LogP contribution < -0.4 is 5.32 Å². The van der Waals surface area contributed by atoms with E-state index in [4.69, 9.17) is 0 Å². The summed E-state index contributed by atoms with van der Waals surface area (Å²) in [7, 11) is 0. The number of aryl methyl sites for hydroxylation is 2. The first-order chi connectivity index (χ1) is 7.78. The Morgan fingerprint density at radius 2 is 1.81 bits per heavy atom. The molecule has 0 saturated heterocycles. The number of benzene rings is 1. The minimum Gasteiger partial charge on any atom is -0.311 e. The van der Waals surface area contributed by atoms with E-state index in [-0.39, 0.29) is 0 Å². The molecule has 1 nitrogen and oxygen atoms in total. The Kier molecular flexibility index (Phi) is 4.00. The fourth-order valence-corrected chi connectivity index (χ4v) is 2.06. The van der Waals surface area contributed by atoms with E-state index in [1.54, 1.807) is 0 Å². The molecule has 0 heterocycles. The zero-order chi connectivity index (χ0) is 11.4. The van der Waals surface area contributed by atoms with Gasteiger partial charge in [0.15, 0.2) is 0 Å². The summed E-state index contributed by atoms with van der Waals surface area (Å²) in [6.45, 7) is 4.51. The van der Waals surface area contributed by atoms with Crippen LogP contribution in [0.1, 0.15) is 44.2 Å². The van der Waals surface area contributed by atoms with Crippen LogP contribution in [0.15, 0.2) is 24.3 Å². The Balaban J connectivity index is 1.74. The fraction of sp³-hybridized carbons (Fsp3) is 0.600. The molecule has 1 aromatic rings. The molecule has 0 radical (unpaired) electrons. The monoisotopic (exact) mass is 217 g/mol. The van der Waals surface area contributed by atoms with Gasteiger partial charge in [-0.05, 0) is 50.2 Å². The van der Waals surface area contributed by atoms with E-state index >= 15 is 0 Å². The molecule has 2 rings (SSSR count). The van der Waals surface area contributed by atoms with E-state index in [1.807, 2.05) is 0 Å². The first kappa shape index (κ1) is 11.7. The van der Waals surface area contributed by atoms with E-state index in [1.165, 1.54) is 36.8 Å². The molecule has 0 spiro atoms. The second-order valence-electron chi connectivity index (χ2n) is 5.05. The number of hydrogen-bond donors (Lipinski definition) is 1. The molecule has 0 aromatic heterocycles. The van der Waals surface area contributed by atoms with E-state index in [0.29, 0.717) is 6.04 Å². The highest BCUT2D eigenvalue weighted by atomic mass is 15.0. The minimum atomic E-state index is 0.665. The minimum absolute atomic E-state index is 0.665. The highest BCUT2D eigenvalue weighted by Crippen LogP contribution is 2.20. The van der Waals surface area contributed by atoms with Crippen molar-refractivity contribution in [1.82, 2.24) is 5.32 Å². The Morgan fingerprint density at radius 3 is 2.38 bits per heavy atom. The predicted octanol–water partition coefficient (Wildman–Crippen LogP) is 3.32. The first-order valence-corrected chi connectivity index (χ1v) is 6.62. The van der Waals surface area contributed by atoms with Crippen LogP contribution in [-0.2, 0) is 12.8 Å². The van der Waals surface area contributed by atoms with Crippen LogP contribution in [0.4, 0.5) is 0 Å². The topological polar surface area (TPSA) is 12.0 Å². The van der Waals surface area contributed by atoms with Crippen molar-refractivity contribution in [2.45, 2.75) is 58.0 Å². The van der Waals surface area contributed by atoms with Crippen LogP contribution in [0.5, 0.6) is 0 Å². The SMILES string of the molecule is CCc1ccc(CCC(C)NC2CC2)cc1. The lowest BCUT2D eigenvalue weighted by atomic mass is 10.0. The third-order valence-corrected chi connectivity index (χ3v) is 3.39. The van der Waals surface area contributed by atoms with Crippen molar-refractivity contribution < 1.29 is 0 Å². The summed E-state index contributed by atoms with van der Waals surface area (Å²) in [5, 5.41) is 3.65. The van der Waals surface area contributed by atoms with Crippen LogP contribution in [0.3, 0.4) is 0 Å². The van der Waals surface area contributed by atoms with Gasteiger partial charge in [-0.15, -0.1) is 0 Å². The Morgan fingerprint density at radius 1 is 1.19 bits per heavy atom. The van der Waals surface area contributed by atoms with Gasteiger partial charge in [0.05, 0.1) is 0 Å². The van der Waals surface area contributed by atoms with Crippen molar-refractivity contribution in [3.05, 3.63) is 35.4 Å². The molecule has 1 aromatic carbocycles. The lowest BCUT2D eigenvalue weighted by molar-refractivity contribution is 0.512. The first-order valence-electron chi connectivity index (χ1n) is 6.62. The molecule has 88 valence electrons. The molecule has 1 N–H and O–H groups in total. The van der Waals surface area contributed by atoms with E-state index in [2.05, 4.69) is 43.4 Å². The maximum atomic E-state index is 3.65. The van der Waals surface area contributed by atoms with E-state index in [9.17, 15) is 0 Å². The van der Waals surface area contributed by atoms with Gasteiger partial charge in [-0.3, -0.25) is 0 Å². The number of hydrogen-bond acceptors (Lipinski definition) is 1. The molecule has 0 bridgehead atoms. The predicted molar refractivity (Wildman–Crippen MR) is 69.8 cm³/mol. The van der Waals surface area contributed by atoms with E-state index in [0.717, 1.165) is 12.5 Å². The number of rotatable bonds is 6. The van der Waals surface area contributed by atoms with Gasteiger partial charge >= 0.3 is 0 Å². The van der Waals surface area contributed by atoms with Crippen LogP contribution in [0.25, 0.3) is 0 Å². The summed E-state index contributed by atoms with van der Waals surface area (Å²) in [6.07, 6.45) is 6.36. The fourth-order valence-electron chi connectivity index (χ4n) is 2.06. The largest absolute Gasteiger partial charge is 0.311 e. The molecule has 1 aliphatic rings. The van der Waals surface area contributed by atoms with Crippen molar-refractivity contribution in [3.63, 3.8) is 0 Å². The van der Waals surface area contributed by atoms with Crippen LogP contribution in [-0.4, -0.2) is 12.1 Å². The summed E-state index contributed by atoms with van der Waals surface area (Å²) in [5.74, 6) is 0. The van der Waals surface area contributed by atoms with Crippen molar-refractivity contribution in [2.24, 2.45) is 0 Å². The molecule has 1 atom stereocenters. The number of nitrogens with one attached hydrogen (secondary N) is 1. The second kappa shape index (κ2) is 5.49. The van der Waals surface area contributed by atoms with Gasteiger partial charge < -0.3 is 5.32 Å². The van der Waals surface area contributed by atoms with Gasteiger partial charge in [0.25, 0.3) is 0 Å². The summed E-state index contributed by atoms with van der Waals surface area (Å²) >= 11 is 0. The molecule has 1 unspecified atom stereocenters. The highest BCUT2D eigenvalue weighted by molar-refractivity contribution is 5.22. The standard InChI is InChI=1S/C15H23N/c1-3-13-6-8-14(9-7-13)5-4-12(2)16-15-10-11-15/h6-9,12,15-16H,3-5,10-11H2,1-2H3. The van der Waals surface area contributed by atoms with Gasteiger partial charge in [0.1, 0.15) is 0 Å². The van der Waals surface area contributed by atoms with Crippen molar-refractivity contribution in [2.75, 3.05) is 0 Å². The van der Waals surface area contributed by atoms with Crippen molar-refractivity contribution >= 4 is 0 Å². The summed E-state index contributed by atoms with van der Waals surface area (Å²) in [5.41, 5.74) is 2.91. The summed E-state index contributed by atoms with van der Waals surface area (Å²) in [4.78, 5) is 0. The highest BCUT2D eigenvalue weighted by Gasteiger charge is 2.22. The maximum Gasteiger partial charge on any atom is 0.00706 e. The summed E-state index contributed by atoms with van der Waals surface area (Å²) < 4.78 is 0. The molecule has 1 saturated carbocycles. The molecule has 1 aliphatic carbocycles. The Bertz CT molecular complexity index is 311. The second-order valence-corrected chi connectivity index (χ2v) is 5.05. The molecule has 1 heteroatoms. The average molecular weight is 217 g/mol. The third kappa shape index (κ3) is 3.64. The van der Waals surface area contributed by atoms with Gasteiger partial charge in [-0.2, -0.15) is 0 Å². The Hall–Kier alpha value is -0.820.